The third kappa shape index (κ3) is 7.21. The van der Waals surface area contributed by atoms with Gasteiger partial charge >= 0.3 is 0 Å². The molecule has 0 aromatic rings. The Morgan fingerprint density at radius 1 is 1.24 bits per heavy atom. The summed E-state index contributed by atoms with van der Waals surface area (Å²) in [5.41, 5.74) is 0. The van der Waals surface area contributed by atoms with Gasteiger partial charge in [-0.25, -0.2) is 0 Å². The second-order valence-electron chi connectivity index (χ2n) is 8.35. The molecule has 0 aromatic carbocycles. The monoisotopic (exact) mass is 355 g/mol. The van der Waals surface area contributed by atoms with E-state index in [1.165, 1.54) is 6.42 Å². The van der Waals surface area contributed by atoms with E-state index >= 15 is 0 Å². The summed E-state index contributed by atoms with van der Waals surface area (Å²) >= 11 is 0. The van der Waals surface area contributed by atoms with E-state index in [0.717, 1.165) is 45.3 Å². The largest absolute Gasteiger partial charge is 0.396 e. The van der Waals surface area contributed by atoms with Gasteiger partial charge in [0, 0.05) is 19.7 Å². The van der Waals surface area contributed by atoms with Crippen LogP contribution >= 0.6 is 0 Å². The van der Waals surface area contributed by atoms with Gasteiger partial charge in [-0.1, -0.05) is 13.8 Å². The lowest BCUT2D eigenvalue weighted by molar-refractivity contribution is -0.124. The van der Waals surface area contributed by atoms with Gasteiger partial charge in [0.1, 0.15) is 0 Å². The van der Waals surface area contributed by atoms with Crippen LogP contribution in [0.2, 0.25) is 0 Å². The maximum absolute atomic E-state index is 12.4. The molecule has 6 nitrogen and oxygen atoms in total. The van der Waals surface area contributed by atoms with Crippen LogP contribution in [0.1, 0.15) is 46.0 Å². The van der Waals surface area contributed by atoms with E-state index in [-0.39, 0.29) is 18.6 Å². The normalized spacial score (nSPS) is 27.4. The minimum absolute atomic E-state index is 0.0199. The number of nitrogens with one attached hydrogen (secondary N) is 2. The van der Waals surface area contributed by atoms with Gasteiger partial charge in [0.05, 0.1) is 12.1 Å². The van der Waals surface area contributed by atoms with Crippen molar-refractivity contribution in [1.29, 1.82) is 0 Å². The molecule has 0 radical (unpaired) electrons. The van der Waals surface area contributed by atoms with Crippen molar-refractivity contribution in [3.05, 3.63) is 0 Å². The predicted molar refractivity (Wildman–Crippen MR) is 99.2 cm³/mol. The first-order valence-corrected chi connectivity index (χ1v) is 10.00. The Kier molecular flexibility index (Phi) is 8.62. The molecular weight excluding hydrogens is 318 g/mol. The van der Waals surface area contributed by atoms with Crippen LogP contribution in [-0.2, 0) is 4.79 Å². The van der Waals surface area contributed by atoms with Crippen molar-refractivity contribution >= 4 is 5.91 Å². The van der Waals surface area contributed by atoms with Crippen LogP contribution < -0.4 is 10.6 Å². The van der Waals surface area contributed by atoms with Crippen molar-refractivity contribution < 1.29 is 15.0 Å². The van der Waals surface area contributed by atoms with Crippen LogP contribution in [0.4, 0.5) is 0 Å². The Morgan fingerprint density at radius 3 is 2.60 bits per heavy atom. The van der Waals surface area contributed by atoms with Crippen LogP contribution in [0.5, 0.6) is 0 Å². The third-order valence-electron chi connectivity index (χ3n) is 5.58. The molecule has 0 aromatic heterocycles. The van der Waals surface area contributed by atoms with Crippen molar-refractivity contribution in [3.8, 4) is 0 Å². The molecule has 0 spiro atoms. The summed E-state index contributed by atoms with van der Waals surface area (Å²) in [5.74, 6) is 1.72. The first kappa shape index (κ1) is 20.6. The molecule has 4 N–H and O–H groups in total. The molecular formula is C19H37N3O3. The van der Waals surface area contributed by atoms with Gasteiger partial charge < -0.3 is 25.7 Å². The van der Waals surface area contributed by atoms with Crippen molar-refractivity contribution in [2.24, 2.45) is 17.8 Å². The zero-order valence-electron chi connectivity index (χ0n) is 15.9. The zero-order chi connectivity index (χ0) is 18.2. The molecule has 2 aliphatic heterocycles. The number of β-amino-alcohol motifs (C(OH)–C–C–N with tert-alkyl or cyclic N) is 1. The van der Waals surface area contributed by atoms with Gasteiger partial charge in [0.25, 0.3) is 0 Å². The molecule has 0 unspecified atom stereocenters. The molecule has 0 aliphatic carbocycles. The number of aliphatic hydroxyl groups is 2. The maximum atomic E-state index is 12.4. The standard InChI is InChI=1S/C19H37N3O3/c1-14(2)9-16-3-6-20-18(10-16)19(25)21-11-17(24)12-22-7-4-15(13-23)5-8-22/h14-18,20,23-24H,3-13H2,1-2H3,(H,21,25)/t16-,17+,18-/m0/s1. The Bertz CT molecular complexity index is 397. The molecule has 3 atom stereocenters. The number of hydrogen-bond donors (Lipinski definition) is 4. The van der Waals surface area contributed by atoms with E-state index in [9.17, 15) is 15.0 Å². The van der Waals surface area contributed by atoms with Gasteiger partial charge in [-0.05, 0) is 69.5 Å². The molecule has 2 aliphatic rings. The number of likely N-dealkylation sites (tertiary alicyclic amines) is 1. The van der Waals surface area contributed by atoms with Gasteiger partial charge in [-0.2, -0.15) is 0 Å². The summed E-state index contributed by atoms with van der Waals surface area (Å²) in [6, 6.07) is -0.120. The third-order valence-corrected chi connectivity index (χ3v) is 5.58. The Balaban J connectivity index is 1.65. The van der Waals surface area contributed by atoms with Gasteiger partial charge in [-0.3, -0.25) is 4.79 Å². The van der Waals surface area contributed by atoms with E-state index in [4.69, 9.17) is 0 Å². The SMILES string of the molecule is CC(C)C[C@@H]1CCN[C@H](C(=O)NC[C@@H](O)CN2CCC(CO)CC2)C1. The topological polar surface area (TPSA) is 84.8 Å². The number of piperidine rings is 2. The number of aliphatic hydroxyl groups excluding tert-OH is 2. The van der Waals surface area contributed by atoms with Gasteiger partial charge in [0.15, 0.2) is 0 Å². The fourth-order valence-corrected chi connectivity index (χ4v) is 4.13. The average Bonchev–Trinajstić information content (AvgIpc) is 2.60. The number of hydrogen-bond acceptors (Lipinski definition) is 5. The van der Waals surface area contributed by atoms with E-state index in [1.807, 2.05) is 0 Å². The Hall–Kier alpha value is -0.690. The second-order valence-corrected chi connectivity index (χ2v) is 8.35. The number of amides is 1. The maximum Gasteiger partial charge on any atom is 0.237 e. The summed E-state index contributed by atoms with van der Waals surface area (Å²) < 4.78 is 0. The lowest BCUT2D eigenvalue weighted by Crippen LogP contribution is -2.51. The summed E-state index contributed by atoms with van der Waals surface area (Å²) in [4.78, 5) is 14.6. The Morgan fingerprint density at radius 2 is 1.96 bits per heavy atom. The Labute approximate surface area is 152 Å². The van der Waals surface area contributed by atoms with Crippen molar-refractivity contribution in [3.63, 3.8) is 0 Å². The predicted octanol–water partition coefficient (Wildman–Crippen LogP) is 0.582. The first-order chi connectivity index (χ1) is 12.0. The molecule has 2 saturated heterocycles. The lowest BCUT2D eigenvalue weighted by atomic mass is 9.85. The van der Waals surface area contributed by atoms with Crippen LogP contribution in [0.15, 0.2) is 0 Å². The highest BCUT2D eigenvalue weighted by atomic mass is 16.3. The smallest absolute Gasteiger partial charge is 0.237 e. The fourth-order valence-electron chi connectivity index (χ4n) is 4.13. The number of carbonyl (C=O) groups is 1. The summed E-state index contributed by atoms with van der Waals surface area (Å²) in [5, 5.41) is 25.6. The highest BCUT2D eigenvalue weighted by Gasteiger charge is 2.27. The van der Waals surface area contributed by atoms with E-state index in [2.05, 4.69) is 29.4 Å². The highest BCUT2D eigenvalue weighted by Crippen LogP contribution is 2.23. The van der Waals surface area contributed by atoms with E-state index in [1.54, 1.807) is 0 Å². The van der Waals surface area contributed by atoms with Crippen molar-refractivity contribution in [2.45, 2.75) is 58.1 Å². The van der Waals surface area contributed by atoms with Crippen LogP contribution in [0.25, 0.3) is 0 Å². The molecule has 6 heteroatoms. The summed E-state index contributed by atoms with van der Waals surface area (Å²) in [6.45, 7) is 8.36. The minimum Gasteiger partial charge on any atom is -0.396 e. The van der Waals surface area contributed by atoms with Crippen molar-refractivity contribution in [1.82, 2.24) is 15.5 Å². The molecule has 0 saturated carbocycles. The molecule has 2 fully saturated rings. The van der Waals surface area contributed by atoms with Crippen LogP contribution in [0, 0.1) is 17.8 Å². The quantitative estimate of drug-likeness (QED) is 0.512. The molecule has 146 valence electrons. The fraction of sp³-hybridized carbons (Fsp3) is 0.947. The molecule has 2 rings (SSSR count). The highest BCUT2D eigenvalue weighted by molar-refractivity contribution is 5.81. The first-order valence-electron chi connectivity index (χ1n) is 10.00. The molecule has 2 heterocycles. The number of nitrogens with zero attached hydrogens (tertiary/aromatic N) is 1. The molecule has 1 amide bonds. The lowest BCUT2D eigenvalue weighted by Gasteiger charge is -2.33. The average molecular weight is 356 g/mol. The number of rotatable bonds is 8. The van der Waals surface area contributed by atoms with Crippen molar-refractivity contribution in [2.75, 3.05) is 39.3 Å². The summed E-state index contributed by atoms with van der Waals surface area (Å²) in [7, 11) is 0. The van der Waals surface area contributed by atoms with Gasteiger partial charge in [-0.15, -0.1) is 0 Å². The van der Waals surface area contributed by atoms with Crippen LogP contribution in [-0.4, -0.2) is 72.5 Å². The van der Waals surface area contributed by atoms with E-state index in [0.29, 0.717) is 30.8 Å². The van der Waals surface area contributed by atoms with E-state index < -0.39 is 6.10 Å². The zero-order valence-corrected chi connectivity index (χ0v) is 15.9. The summed E-state index contributed by atoms with van der Waals surface area (Å²) in [6.07, 6.45) is 4.66. The van der Waals surface area contributed by atoms with Crippen LogP contribution in [0.3, 0.4) is 0 Å². The minimum atomic E-state index is -0.537. The second kappa shape index (κ2) is 10.5. The number of carbonyl (C=O) groups excluding carboxylic acids is 1. The molecule has 25 heavy (non-hydrogen) atoms. The van der Waals surface area contributed by atoms with Gasteiger partial charge in [0.2, 0.25) is 5.91 Å². The molecule has 0 bridgehead atoms.